The molecule has 0 saturated carbocycles. The molecule has 0 aliphatic rings. The van der Waals surface area contributed by atoms with Crippen molar-refractivity contribution in [3.05, 3.63) is 36.0 Å². The normalized spacial score (nSPS) is 13.1. The maximum absolute atomic E-state index is 3.56. The molecule has 0 amide bonds. The first-order valence-electron chi connectivity index (χ1n) is 6.56. The summed E-state index contributed by atoms with van der Waals surface area (Å²) in [6.45, 7) is 8.64. The van der Waals surface area contributed by atoms with E-state index in [-0.39, 0.29) is 0 Å². The number of rotatable bonds is 5. The molecule has 1 heterocycles. The number of aryl methyl sites for hydroxylation is 1. The highest BCUT2D eigenvalue weighted by molar-refractivity contribution is 5.83. The van der Waals surface area contributed by atoms with Crippen LogP contribution in [0.3, 0.4) is 0 Å². The highest BCUT2D eigenvalue weighted by atomic mass is 15.0. The lowest BCUT2D eigenvalue weighted by Crippen LogP contribution is -2.24. The van der Waals surface area contributed by atoms with Crippen LogP contribution in [0.5, 0.6) is 0 Å². The maximum atomic E-state index is 3.56. The third-order valence-corrected chi connectivity index (χ3v) is 3.47. The molecule has 92 valence electrons. The molecule has 0 saturated heterocycles. The fraction of sp³-hybridized carbons (Fsp3) is 0.467. The molecule has 0 bridgehead atoms. The molecule has 2 rings (SSSR count). The van der Waals surface area contributed by atoms with Gasteiger partial charge in [0.05, 0.1) is 0 Å². The zero-order valence-corrected chi connectivity index (χ0v) is 11.0. The van der Waals surface area contributed by atoms with E-state index in [1.54, 1.807) is 0 Å². The van der Waals surface area contributed by atoms with Gasteiger partial charge in [-0.3, -0.25) is 0 Å². The van der Waals surface area contributed by atoms with Gasteiger partial charge < -0.3 is 9.88 Å². The molecule has 1 aromatic carbocycles. The van der Waals surface area contributed by atoms with E-state index >= 15 is 0 Å². The van der Waals surface area contributed by atoms with E-state index in [1.807, 2.05) is 0 Å². The minimum absolute atomic E-state index is 0.582. The SMILES string of the molecule is CCC(C)NCc1cn(CC)c2ccccc12. The fourth-order valence-corrected chi connectivity index (χ4v) is 2.15. The molecule has 2 aromatic rings. The van der Waals surface area contributed by atoms with Crippen LogP contribution < -0.4 is 5.32 Å². The molecular weight excluding hydrogens is 208 g/mol. The maximum Gasteiger partial charge on any atom is 0.0483 e. The summed E-state index contributed by atoms with van der Waals surface area (Å²) in [5.41, 5.74) is 2.75. The first-order chi connectivity index (χ1) is 8.26. The van der Waals surface area contributed by atoms with Gasteiger partial charge in [0, 0.05) is 36.2 Å². The van der Waals surface area contributed by atoms with Gasteiger partial charge in [-0.15, -0.1) is 0 Å². The molecule has 1 aromatic heterocycles. The van der Waals surface area contributed by atoms with Crippen molar-refractivity contribution < 1.29 is 0 Å². The summed E-state index contributed by atoms with van der Waals surface area (Å²) in [5, 5.41) is 4.94. The van der Waals surface area contributed by atoms with Crippen molar-refractivity contribution in [3.8, 4) is 0 Å². The highest BCUT2D eigenvalue weighted by Crippen LogP contribution is 2.21. The summed E-state index contributed by atoms with van der Waals surface area (Å²) in [7, 11) is 0. The second-order valence-electron chi connectivity index (χ2n) is 4.65. The Hall–Kier alpha value is -1.28. The number of benzene rings is 1. The lowest BCUT2D eigenvalue weighted by Gasteiger charge is -2.10. The standard InChI is InChI=1S/C15H22N2/c1-4-12(3)16-10-13-11-17(5-2)15-9-7-6-8-14(13)15/h6-9,11-12,16H,4-5,10H2,1-3H3. The van der Waals surface area contributed by atoms with E-state index in [9.17, 15) is 0 Å². The molecular formula is C15H22N2. The molecule has 0 radical (unpaired) electrons. The van der Waals surface area contributed by atoms with Crippen molar-refractivity contribution in [2.75, 3.05) is 0 Å². The zero-order valence-electron chi connectivity index (χ0n) is 11.0. The lowest BCUT2D eigenvalue weighted by atomic mass is 10.1. The number of para-hydroxylation sites is 1. The van der Waals surface area contributed by atoms with Crippen molar-refractivity contribution in [1.29, 1.82) is 0 Å². The molecule has 0 fully saturated rings. The Labute approximate surface area is 104 Å². The fourth-order valence-electron chi connectivity index (χ4n) is 2.15. The van der Waals surface area contributed by atoms with Gasteiger partial charge in [-0.1, -0.05) is 25.1 Å². The quantitative estimate of drug-likeness (QED) is 0.831. The van der Waals surface area contributed by atoms with Gasteiger partial charge in [0.15, 0.2) is 0 Å². The molecule has 1 atom stereocenters. The molecule has 0 aliphatic carbocycles. The summed E-state index contributed by atoms with van der Waals surface area (Å²) in [6.07, 6.45) is 3.45. The summed E-state index contributed by atoms with van der Waals surface area (Å²) < 4.78 is 2.32. The molecule has 0 aliphatic heterocycles. The summed E-state index contributed by atoms with van der Waals surface area (Å²) >= 11 is 0. The minimum atomic E-state index is 0.582. The van der Waals surface area contributed by atoms with Crippen LogP contribution in [0.1, 0.15) is 32.8 Å². The number of hydrogen-bond donors (Lipinski definition) is 1. The van der Waals surface area contributed by atoms with Crippen LogP contribution >= 0.6 is 0 Å². The van der Waals surface area contributed by atoms with Gasteiger partial charge in [-0.05, 0) is 31.9 Å². The Morgan fingerprint density at radius 3 is 2.71 bits per heavy atom. The third kappa shape index (κ3) is 2.52. The van der Waals surface area contributed by atoms with Crippen LogP contribution in [0, 0.1) is 0 Å². The first kappa shape index (κ1) is 12.2. The van der Waals surface area contributed by atoms with Crippen LogP contribution in [-0.2, 0) is 13.1 Å². The van der Waals surface area contributed by atoms with Crippen LogP contribution in [0.4, 0.5) is 0 Å². The van der Waals surface area contributed by atoms with Crippen molar-refractivity contribution in [2.24, 2.45) is 0 Å². The summed E-state index contributed by atoms with van der Waals surface area (Å²) in [6, 6.07) is 9.23. The van der Waals surface area contributed by atoms with Gasteiger partial charge in [0.2, 0.25) is 0 Å². The third-order valence-electron chi connectivity index (χ3n) is 3.47. The van der Waals surface area contributed by atoms with Gasteiger partial charge in [0.1, 0.15) is 0 Å². The molecule has 17 heavy (non-hydrogen) atoms. The van der Waals surface area contributed by atoms with Crippen molar-refractivity contribution in [2.45, 2.75) is 46.3 Å². The van der Waals surface area contributed by atoms with Crippen molar-refractivity contribution >= 4 is 10.9 Å². The zero-order chi connectivity index (χ0) is 12.3. The van der Waals surface area contributed by atoms with Gasteiger partial charge >= 0.3 is 0 Å². The first-order valence-corrected chi connectivity index (χ1v) is 6.56. The minimum Gasteiger partial charge on any atom is -0.347 e. The Balaban J connectivity index is 2.28. The average Bonchev–Trinajstić information content (AvgIpc) is 2.74. The van der Waals surface area contributed by atoms with E-state index in [1.165, 1.54) is 22.9 Å². The Bertz CT molecular complexity index is 485. The molecule has 1 N–H and O–H groups in total. The van der Waals surface area contributed by atoms with Crippen LogP contribution in [0.25, 0.3) is 10.9 Å². The largest absolute Gasteiger partial charge is 0.347 e. The van der Waals surface area contributed by atoms with Crippen LogP contribution in [0.2, 0.25) is 0 Å². The number of hydrogen-bond acceptors (Lipinski definition) is 1. The highest BCUT2D eigenvalue weighted by Gasteiger charge is 2.07. The predicted molar refractivity (Wildman–Crippen MR) is 74.2 cm³/mol. The molecule has 2 heteroatoms. The van der Waals surface area contributed by atoms with E-state index in [2.05, 4.69) is 61.1 Å². The van der Waals surface area contributed by atoms with Gasteiger partial charge in [-0.2, -0.15) is 0 Å². The second kappa shape index (κ2) is 5.37. The van der Waals surface area contributed by atoms with Gasteiger partial charge in [0.25, 0.3) is 0 Å². The van der Waals surface area contributed by atoms with Crippen molar-refractivity contribution in [3.63, 3.8) is 0 Å². The predicted octanol–water partition coefficient (Wildman–Crippen LogP) is 3.55. The summed E-state index contributed by atoms with van der Waals surface area (Å²) in [5.74, 6) is 0. The monoisotopic (exact) mass is 230 g/mol. The lowest BCUT2D eigenvalue weighted by molar-refractivity contribution is 0.535. The number of nitrogens with one attached hydrogen (secondary N) is 1. The summed E-state index contributed by atoms with van der Waals surface area (Å²) in [4.78, 5) is 0. The molecule has 0 spiro atoms. The number of nitrogens with zero attached hydrogens (tertiary/aromatic N) is 1. The van der Waals surface area contributed by atoms with Crippen LogP contribution in [-0.4, -0.2) is 10.6 Å². The molecule has 1 unspecified atom stereocenters. The van der Waals surface area contributed by atoms with E-state index < -0.39 is 0 Å². The Kier molecular flexibility index (Phi) is 3.85. The number of fused-ring (bicyclic) bond motifs is 1. The van der Waals surface area contributed by atoms with Crippen molar-refractivity contribution in [1.82, 2.24) is 9.88 Å². The molecule has 2 nitrogen and oxygen atoms in total. The topological polar surface area (TPSA) is 17.0 Å². The van der Waals surface area contributed by atoms with E-state index in [4.69, 9.17) is 0 Å². The Morgan fingerprint density at radius 2 is 2.00 bits per heavy atom. The van der Waals surface area contributed by atoms with Crippen LogP contribution in [0.15, 0.2) is 30.5 Å². The average molecular weight is 230 g/mol. The number of aromatic nitrogens is 1. The van der Waals surface area contributed by atoms with E-state index in [0.29, 0.717) is 6.04 Å². The second-order valence-corrected chi connectivity index (χ2v) is 4.65. The van der Waals surface area contributed by atoms with Gasteiger partial charge in [-0.25, -0.2) is 0 Å². The smallest absolute Gasteiger partial charge is 0.0483 e. The Morgan fingerprint density at radius 1 is 1.24 bits per heavy atom. The van der Waals surface area contributed by atoms with E-state index in [0.717, 1.165) is 13.1 Å².